The predicted octanol–water partition coefficient (Wildman–Crippen LogP) is 10.7. The van der Waals surface area contributed by atoms with Crippen LogP contribution in [0.3, 0.4) is 0 Å². The molecule has 6 aromatic rings. The standard InChI is InChI=1S/C53H54O6/c1-5-37-54-47(39-56-52(41-25-13-7-14-26-41,42-27-15-8-16-28-42)43-29-17-9-18-30-43)49-50(59-51(3,4)58-49)48(55-38-6-2)40-57-53(44-31-19-10-20-32-44,45-33-21-11-22-34-45)46-35-23-12-24-36-46/h5-36,47-50H,1-2,37-40H2,3-4H3/t47-,48-,49-,50-/m1/s1. The van der Waals surface area contributed by atoms with E-state index in [2.05, 4.69) is 86.0 Å². The van der Waals surface area contributed by atoms with Gasteiger partial charge >= 0.3 is 0 Å². The molecule has 4 atom stereocenters. The van der Waals surface area contributed by atoms with E-state index in [4.69, 9.17) is 28.4 Å². The third-order valence-corrected chi connectivity index (χ3v) is 10.8. The first kappa shape index (κ1) is 41.7. The van der Waals surface area contributed by atoms with Crippen molar-refractivity contribution < 1.29 is 28.4 Å². The molecule has 1 heterocycles. The highest BCUT2D eigenvalue weighted by Gasteiger charge is 2.51. The first-order valence-corrected chi connectivity index (χ1v) is 20.3. The Bertz CT molecular complexity index is 1810. The highest BCUT2D eigenvalue weighted by molar-refractivity contribution is 5.49. The van der Waals surface area contributed by atoms with Gasteiger partial charge in [0, 0.05) is 0 Å². The summed E-state index contributed by atoms with van der Waals surface area (Å²) in [6.45, 7) is 12.6. The third kappa shape index (κ3) is 9.24. The van der Waals surface area contributed by atoms with Gasteiger partial charge in [0.15, 0.2) is 5.79 Å². The molecule has 0 amide bonds. The van der Waals surface area contributed by atoms with Gasteiger partial charge in [-0.25, -0.2) is 0 Å². The van der Waals surface area contributed by atoms with Crippen molar-refractivity contribution in [3.05, 3.63) is 241 Å². The summed E-state index contributed by atoms with van der Waals surface area (Å²) in [5.41, 5.74) is 3.96. The summed E-state index contributed by atoms with van der Waals surface area (Å²) in [5, 5.41) is 0. The fraction of sp³-hybridized carbons (Fsp3) is 0.245. The van der Waals surface area contributed by atoms with Crippen molar-refractivity contribution in [3.8, 4) is 0 Å². The van der Waals surface area contributed by atoms with Crippen molar-refractivity contribution in [2.45, 2.75) is 55.3 Å². The van der Waals surface area contributed by atoms with E-state index >= 15 is 0 Å². The molecular formula is C53H54O6. The molecule has 302 valence electrons. The van der Waals surface area contributed by atoms with E-state index in [1.807, 2.05) is 123 Å². The molecule has 0 radical (unpaired) electrons. The van der Waals surface area contributed by atoms with Crippen LogP contribution in [0.2, 0.25) is 0 Å². The van der Waals surface area contributed by atoms with Crippen LogP contribution in [0.15, 0.2) is 207 Å². The van der Waals surface area contributed by atoms with Gasteiger partial charge in [0.1, 0.15) is 35.6 Å². The Morgan fingerprint density at radius 1 is 0.458 bits per heavy atom. The first-order chi connectivity index (χ1) is 28.9. The van der Waals surface area contributed by atoms with Crippen molar-refractivity contribution in [3.63, 3.8) is 0 Å². The molecule has 0 aliphatic carbocycles. The smallest absolute Gasteiger partial charge is 0.164 e. The van der Waals surface area contributed by atoms with Crippen molar-refractivity contribution in [2.75, 3.05) is 26.4 Å². The zero-order chi connectivity index (χ0) is 41.0. The average molecular weight is 787 g/mol. The molecule has 0 aromatic heterocycles. The second-order valence-corrected chi connectivity index (χ2v) is 15.1. The van der Waals surface area contributed by atoms with E-state index in [0.717, 1.165) is 33.4 Å². The van der Waals surface area contributed by atoms with E-state index in [-0.39, 0.29) is 26.4 Å². The highest BCUT2D eigenvalue weighted by Crippen LogP contribution is 2.44. The van der Waals surface area contributed by atoms with Gasteiger partial charge in [0.05, 0.1) is 26.4 Å². The molecule has 1 saturated heterocycles. The Kier molecular flexibility index (Phi) is 13.8. The Morgan fingerprint density at radius 3 is 0.915 bits per heavy atom. The highest BCUT2D eigenvalue weighted by atomic mass is 16.8. The van der Waals surface area contributed by atoms with Crippen LogP contribution in [0, 0.1) is 0 Å². The van der Waals surface area contributed by atoms with Gasteiger partial charge in [-0.3, -0.25) is 0 Å². The lowest BCUT2D eigenvalue weighted by Crippen LogP contribution is -2.50. The molecular weight excluding hydrogens is 733 g/mol. The molecule has 7 rings (SSSR count). The van der Waals surface area contributed by atoms with E-state index in [0.29, 0.717) is 0 Å². The quantitative estimate of drug-likeness (QED) is 0.0567. The lowest BCUT2D eigenvalue weighted by atomic mass is 9.80. The minimum absolute atomic E-state index is 0.143. The second kappa shape index (κ2) is 19.5. The van der Waals surface area contributed by atoms with Crippen LogP contribution in [0.1, 0.15) is 47.2 Å². The van der Waals surface area contributed by atoms with Gasteiger partial charge in [-0.1, -0.05) is 194 Å². The normalized spacial score (nSPS) is 17.5. The molecule has 59 heavy (non-hydrogen) atoms. The summed E-state index contributed by atoms with van der Waals surface area (Å²) in [4.78, 5) is 0. The van der Waals surface area contributed by atoms with Crippen molar-refractivity contribution in [1.82, 2.24) is 0 Å². The topological polar surface area (TPSA) is 55.4 Å². The van der Waals surface area contributed by atoms with Crippen molar-refractivity contribution >= 4 is 0 Å². The minimum atomic E-state index is -0.980. The Hall–Kier alpha value is -5.44. The molecule has 0 unspecified atom stereocenters. The zero-order valence-corrected chi connectivity index (χ0v) is 34.0. The van der Waals surface area contributed by atoms with Crippen LogP contribution in [-0.2, 0) is 39.6 Å². The van der Waals surface area contributed by atoms with Crippen LogP contribution in [0.5, 0.6) is 0 Å². The SMILES string of the molecule is C=CCO[C@H](COC(c1ccccc1)(c1ccccc1)c1ccccc1)[C@H]1OC(C)(C)O[C@@H]1[C@@H](COC(c1ccccc1)(c1ccccc1)c1ccccc1)OCC=C. The summed E-state index contributed by atoms with van der Waals surface area (Å²) in [6.07, 6.45) is 0.972. The number of ether oxygens (including phenoxy) is 6. The lowest BCUT2D eigenvalue weighted by Gasteiger charge is -2.39. The number of hydrogen-bond acceptors (Lipinski definition) is 6. The minimum Gasteiger partial charge on any atom is -0.369 e. The first-order valence-electron chi connectivity index (χ1n) is 20.3. The maximum absolute atomic E-state index is 7.34. The molecule has 1 aliphatic rings. The Balaban J connectivity index is 1.28. The maximum Gasteiger partial charge on any atom is 0.164 e. The van der Waals surface area contributed by atoms with Gasteiger partial charge in [0.25, 0.3) is 0 Å². The van der Waals surface area contributed by atoms with E-state index in [1.54, 1.807) is 12.2 Å². The molecule has 0 bridgehead atoms. The fourth-order valence-corrected chi connectivity index (χ4v) is 8.20. The zero-order valence-electron chi connectivity index (χ0n) is 34.0. The largest absolute Gasteiger partial charge is 0.369 e. The molecule has 1 fully saturated rings. The summed E-state index contributed by atoms with van der Waals surface area (Å²) < 4.78 is 41.6. The van der Waals surface area contributed by atoms with Crippen LogP contribution in [-0.4, -0.2) is 56.6 Å². The average Bonchev–Trinajstić information content (AvgIpc) is 3.62. The van der Waals surface area contributed by atoms with Gasteiger partial charge in [-0.15, -0.1) is 13.2 Å². The maximum atomic E-state index is 7.34. The monoisotopic (exact) mass is 786 g/mol. The Morgan fingerprint density at radius 2 is 0.695 bits per heavy atom. The molecule has 0 saturated carbocycles. The third-order valence-electron chi connectivity index (χ3n) is 10.8. The molecule has 0 N–H and O–H groups in total. The van der Waals surface area contributed by atoms with Gasteiger partial charge in [-0.05, 0) is 47.2 Å². The van der Waals surface area contributed by atoms with E-state index in [1.165, 1.54) is 0 Å². The second-order valence-electron chi connectivity index (χ2n) is 15.1. The summed E-state index contributed by atoms with van der Waals surface area (Å²) in [6, 6.07) is 61.9. The summed E-state index contributed by atoms with van der Waals surface area (Å²) in [5.74, 6) is -0.980. The summed E-state index contributed by atoms with van der Waals surface area (Å²) in [7, 11) is 0. The van der Waals surface area contributed by atoms with E-state index in [9.17, 15) is 0 Å². The van der Waals surface area contributed by atoms with Crippen molar-refractivity contribution in [2.24, 2.45) is 0 Å². The number of benzene rings is 6. The van der Waals surface area contributed by atoms with Gasteiger partial charge < -0.3 is 28.4 Å². The molecule has 6 aromatic carbocycles. The molecule has 6 heteroatoms. The van der Waals surface area contributed by atoms with Crippen molar-refractivity contribution in [1.29, 1.82) is 0 Å². The van der Waals surface area contributed by atoms with Gasteiger partial charge in [-0.2, -0.15) is 0 Å². The van der Waals surface area contributed by atoms with Gasteiger partial charge in [0.2, 0.25) is 0 Å². The van der Waals surface area contributed by atoms with Crippen LogP contribution in [0.25, 0.3) is 0 Å². The fourth-order valence-electron chi connectivity index (χ4n) is 8.20. The van der Waals surface area contributed by atoms with Crippen LogP contribution in [0.4, 0.5) is 0 Å². The van der Waals surface area contributed by atoms with Crippen LogP contribution < -0.4 is 0 Å². The molecule has 0 spiro atoms. The summed E-state index contributed by atoms with van der Waals surface area (Å²) >= 11 is 0. The lowest BCUT2D eigenvalue weighted by molar-refractivity contribution is -0.173. The molecule has 6 nitrogen and oxygen atoms in total. The van der Waals surface area contributed by atoms with E-state index < -0.39 is 41.4 Å². The van der Waals surface area contributed by atoms with Crippen LogP contribution >= 0.6 is 0 Å². The predicted molar refractivity (Wildman–Crippen MR) is 234 cm³/mol. The Labute approximate surface area is 349 Å². The number of rotatable bonds is 20. The molecule has 1 aliphatic heterocycles. The number of hydrogen-bond donors (Lipinski definition) is 0.